The van der Waals surface area contributed by atoms with Gasteiger partial charge >= 0.3 is 6.09 Å². The SMILES string of the molecule is Cc1nc(-c2ccc(N3CC(CN(C)S(=O)(=O)c4ccc(C(C)(C)C)cc4)OC3=O)cc2)no1. The molecule has 1 saturated heterocycles. The van der Waals surface area contributed by atoms with E-state index in [-0.39, 0.29) is 23.4 Å². The number of anilines is 1. The van der Waals surface area contributed by atoms with Crippen molar-refractivity contribution in [3.63, 3.8) is 0 Å². The number of nitrogens with zero attached hydrogens (tertiary/aromatic N) is 4. The second kappa shape index (κ2) is 8.84. The number of hydrogen-bond acceptors (Lipinski definition) is 7. The zero-order valence-electron chi connectivity index (χ0n) is 19.8. The highest BCUT2D eigenvalue weighted by molar-refractivity contribution is 7.89. The molecule has 0 saturated carbocycles. The Morgan fingerprint density at radius 2 is 1.74 bits per heavy atom. The van der Waals surface area contributed by atoms with Crippen molar-refractivity contribution in [3.8, 4) is 11.4 Å². The van der Waals surface area contributed by atoms with E-state index in [1.165, 1.54) is 16.3 Å². The fourth-order valence-electron chi connectivity index (χ4n) is 3.73. The van der Waals surface area contributed by atoms with Crippen molar-refractivity contribution in [2.75, 3.05) is 25.0 Å². The summed E-state index contributed by atoms with van der Waals surface area (Å²) in [7, 11) is -2.23. The zero-order chi connectivity index (χ0) is 24.7. The highest BCUT2D eigenvalue weighted by Gasteiger charge is 2.35. The van der Waals surface area contributed by atoms with Crippen LogP contribution in [0, 0.1) is 6.92 Å². The van der Waals surface area contributed by atoms with E-state index in [9.17, 15) is 13.2 Å². The summed E-state index contributed by atoms with van der Waals surface area (Å²) >= 11 is 0. The van der Waals surface area contributed by atoms with Crippen LogP contribution in [0.25, 0.3) is 11.4 Å². The molecule has 4 rings (SSSR count). The van der Waals surface area contributed by atoms with Crippen LogP contribution in [0.1, 0.15) is 32.2 Å². The molecule has 0 bridgehead atoms. The first-order valence-electron chi connectivity index (χ1n) is 10.9. The summed E-state index contributed by atoms with van der Waals surface area (Å²) < 4.78 is 37.8. The molecule has 0 spiro atoms. The zero-order valence-corrected chi connectivity index (χ0v) is 20.7. The molecule has 10 heteroatoms. The molecule has 2 heterocycles. The lowest BCUT2D eigenvalue weighted by atomic mass is 9.87. The molecule has 1 aromatic heterocycles. The topological polar surface area (TPSA) is 106 Å². The van der Waals surface area contributed by atoms with Gasteiger partial charge in [0.1, 0.15) is 6.10 Å². The minimum Gasteiger partial charge on any atom is -0.443 e. The molecule has 1 unspecified atom stereocenters. The monoisotopic (exact) mass is 484 g/mol. The van der Waals surface area contributed by atoms with Crippen LogP contribution in [-0.2, 0) is 20.2 Å². The Morgan fingerprint density at radius 1 is 1.09 bits per heavy atom. The fraction of sp³-hybridized carbons (Fsp3) is 0.375. The number of ether oxygens (including phenoxy) is 1. The maximum Gasteiger partial charge on any atom is 0.414 e. The number of aromatic nitrogens is 2. The lowest BCUT2D eigenvalue weighted by molar-refractivity contribution is 0.131. The molecule has 0 N–H and O–H groups in total. The molecule has 1 aliphatic heterocycles. The highest BCUT2D eigenvalue weighted by Crippen LogP contribution is 2.27. The number of benzene rings is 2. The number of amides is 1. The molecule has 3 aromatic rings. The number of likely N-dealkylation sites (N-methyl/N-ethyl adjacent to an activating group) is 1. The first-order valence-corrected chi connectivity index (χ1v) is 12.3. The quantitative estimate of drug-likeness (QED) is 0.521. The molecule has 0 aliphatic carbocycles. The second-order valence-corrected chi connectivity index (χ2v) is 11.4. The third kappa shape index (κ3) is 4.83. The Bertz CT molecular complexity index is 1280. The van der Waals surface area contributed by atoms with Gasteiger partial charge in [-0.25, -0.2) is 13.2 Å². The van der Waals surface area contributed by atoms with Gasteiger partial charge in [0.25, 0.3) is 0 Å². The van der Waals surface area contributed by atoms with Crippen LogP contribution in [-0.4, -0.2) is 55.2 Å². The Kier molecular flexibility index (Phi) is 6.22. The lowest BCUT2D eigenvalue weighted by Crippen LogP contribution is -2.36. The summed E-state index contributed by atoms with van der Waals surface area (Å²) in [4.78, 5) is 18.3. The van der Waals surface area contributed by atoms with E-state index in [1.807, 2.05) is 12.1 Å². The molecule has 2 aromatic carbocycles. The maximum atomic E-state index is 13.0. The predicted molar refractivity (Wildman–Crippen MR) is 127 cm³/mol. The van der Waals surface area contributed by atoms with Gasteiger partial charge in [-0.2, -0.15) is 9.29 Å². The first-order chi connectivity index (χ1) is 15.9. The summed E-state index contributed by atoms with van der Waals surface area (Å²) in [5, 5.41) is 3.88. The van der Waals surface area contributed by atoms with Crippen molar-refractivity contribution in [1.82, 2.24) is 14.4 Å². The van der Waals surface area contributed by atoms with Crippen LogP contribution in [0.3, 0.4) is 0 Å². The Labute approximate surface area is 199 Å². The van der Waals surface area contributed by atoms with E-state index < -0.39 is 22.2 Å². The van der Waals surface area contributed by atoms with Gasteiger partial charge in [-0.3, -0.25) is 4.90 Å². The van der Waals surface area contributed by atoms with Gasteiger partial charge in [-0.1, -0.05) is 38.1 Å². The van der Waals surface area contributed by atoms with Crippen molar-refractivity contribution >= 4 is 21.8 Å². The number of rotatable bonds is 6. The smallest absolute Gasteiger partial charge is 0.414 e. The molecular weight excluding hydrogens is 456 g/mol. The minimum absolute atomic E-state index is 0.0474. The van der Waals surface area contributed by atoms with Gasteiger partial charge < -0.3 is 9.26 Å². The number of cyclic esters (lactones) is 1. The summed E-state index contributed by atoms with van der Waals surface area (Å²) in [6.07, 6.45) is -1.12. The average molecular weight is 485 g/mol. The number of sulfonamides is 1. The van der Waals surface area contributed by atoms with E-state index in [0.717, 1.165) is 11.1 Å². The van der Waals surface area contributed by atoms with E-state index >= 15 is 0 Å². The van der Waals surface area contributed by atoms with E-state index in [4.69, 9.17) is 9.26 Å². The lowest BCUT2D eigenvalue weighted by Gasteiger charge is -2.22. The summed E-state index contributed by atoms with van der Waals surface area (Å²) in [5.74, 6) is 0.933. The molecule has 34 heavy (non-hydrogen) atoms. The molecule has 0 radical (unpaired) electrons. The van der Waals surface area contributed by atoms with Crippen molar-refractivity contribution in [2.24, 2.45) is 0 Å². The number of carbonyl (C=O) groups is 1. The average Bonchev–Trinajstić information content (AvgIpc) is 3.38. The van der Waals surface area contributed by atoms with Gasteiger partial charge in [0, 0.05) is 25.2 Å². The Balaban J connectivity index is 1.42. The van der Waals surface area contributed by atoms with Crippen LogP contribution < -0.4 is 4.90 Å². The van der Waals surface area contributed by atoms with E-state index in [2.05, 4.69) is 30.9 Å². The largest absolute Gasteiger partial charge is 0.443 e. The van der Waals surface area contributed by atoms with Gasteiger partial charge in [-0.05, 0) is 47.4 Å². The van der Waals surface area contributed by atoms with E-state index in [1.54, 1.807) is 43.3 Å². The third-order valence-electron chi connectivity index (χ3n) is 5.73. The molecule has 1 fully saturated rings. The highest BCUT2D eigenvalue weighted by atomic mass is 32.2. The van der Waals surface area contributed by atoms with Gasteiger partial charge in [0.15, 0.2) is 0 Å². The molecule has 9 nitrogen and oxygen atoms in total. The van der Waals surface area contributed by atoms with Gasteiger partial charge in [0.05, 0.1) is 18.0 Å². The van der Waals surface area contributed by atoms with Crippen molar-refractivity contribution in [2.45, 2.75) is 44.1 Å². The Hall–Kier alpha value is -3.24. The molecule has 1 aliphatic rings. The predicted octanol–water partition coefficient (Wildman–Crippen LogP) is 3.99. The second-order valence-electron chi connectivity index (χ2n) is 9.36. The summed E-state index contributed by atoms with van der Waals surface area (Å²) in [5.41, 5.74) is 2.38. The van der Waals surface area contributed by atoms with Gasteiger partial charge in [-0.15, -0.1) is 0 Å². The summed E-state index contributed by atoms with van der Waals surface area (Å²) in [6.45, 7) is 8.21. The van der Waals surface area contributed by atoms with Crippen LogP contribution in [0.4, 0.5) is 10.5 Å². The van der Waals surface area contributed by atoms with Gasteiger partial charge in [0.2, 0.25) is 21.7 Å². The van der Waals surface area contributed by atoms with Crippen LogP contribution in [0.5, 0.6) is 0 Å². The molecule has 1 atom stereocenters. The molecular formula is C24H28N4O5S. The standard InChI is InChI=1S/C24H28N4O5S/c1-16-25-22(26-33-16)17-6-10-19(11-7-17)28-15-20(32-23(28)29)14-27(5)34(30,31)21-12-8-18(9-13-21)24(2,3)4/h6-13,20H,14-15H2,1-5H3. The third-order valence-corrected chi connectivity index (χ3v) is 7.57. The first kappa shape index (κ1) is 23.9. The van der Waals surface area contributed by atoms with Crippen molar-refractivity contribution in [3.05, 3.63) is 60.0 Å². The van der Waals surface area contributed by atoms with Crippen molar-refractivity contribution in [1.29, 1.82) is 0 Å². The van der Waals surface area contributed by atoms with Crippen LogP contribution >= 0.6 is 0 Å². The van der Waals surface area contributed by atoms with Crippen molar-refractivity contribution < 1.29 is 22.5 Å². The number of carbonyl (C=O) groups excluding carboxylic acids is 1. The number of hydrogen-bond donors (Lipinski definition) is 0. The van der Waals surface area contributed by atoms with Crippen LogP contribution in [0.2, 0.25) is 0 Å². The summed E-state index contributed by atoms with van der Waals surface area (Å²) in [6, 6.07) is 14.0. The molecule has 180 valence electrons. The minimum atomic E-state index is -3.72. The van der Waals surface area contributed by atoms with E-state index in [0.29, 0.717) is 17.4 Å². The maximum absolute atomic E-state index is 13.0. The fourth-order valence-corrected chi connectivity index (χ4v) is 4.93. The number of aryl methyl sites for hydroxylation is 1. The van der Waals surface area contributed by atoms with Crippen LogP contribution in [0.15, 0.2) is 57.9 Å². The normalized spacial score (nSPS) is 16.8. The Morgan fingerprint density at radius 3 is 2.29 bits per heavy atom. The molecule has 1 amide bonds.